The predicted molar refractivity (Wildman–Crippen MR) is 113 cm³/mol. The van der Waals surface area contributed by atoms with Gasteiger partial charge in [-0.15, -0.1) is 0 Å². The average Bonchev–Trinajstić information content (AvgIpc) is 3.35. The van der Waals surface area contributed by atoms with Gasteiger partial charge in [0.05, 0.1) is 19.5 Å². The smallest absolute Gasteiger partial charge is 0.226 e. The number of rotatable bonds is 5. The summed E-state index contributed by atoms with van der Waals surface area (Å²) in [5.41, 5.74) is 0.946. The highest BCUT2D eigenvalue weighted by Gasteiger charge is 2.61. The fraction of sp³-hybridized carbons (Fsp3) is 0.389. The quantitative estimate of drug-likeness (QED) is 0.338. The zero-order chi connectivity index (χ0) is 20.2. The molecule has 2 aliphatic heterocycles. The zero-order valence-corrected chi connectivity index (χ0v) is 17.9. The molecule has 5 rings (SSSR count). The maximum atomic E-state index is 10.4. The second-order valence-corrected chi connectivity index (χ2v) is 8.68. The van der Waals surface area contributed by atoms with Crippen LogP contribution in [0.4, 0.5) is 5.82 Å². The van der Waals surface area contributed by atoms with E-state index in [1.165, 1.54) is 0 Å². The number of imidazole rings is 1. The lowest BCUT2D eigenvalue weighted by molar-refractivity contribution is -0.185. The van der Waals surface area contributed by atoms with E-state index < -0.39 is 24.0 Å². The summed E-state index contributed by atoms with van der Waals surface area (Å²) >= 11 is 8.43. The highest BCUT2D eigenvalue weighted by molar-refractivity contribution is 14.1. The van der Waals surface area contributed by atoms with Gasteiger partial charge in [-0.2, -0.15) is 9.97 Å². The van der Waals surface area contributed by atoms with E-state index in [4.69, 9.17) is 21.1 Å². The number of benzene rings is 1. The topological polar surface area (TPSA) is 115 Å². The van der Waals surface area contributed by atoms with Crippen molar-refractivity contribution >= 4 is 51.2 Å². The molecule has 0 saturated carbocycles. The minimum Gasteiger partial charge on any atom is -0.393 e. The Morgan fingerprint density at radius 2 is 2.24 bits per heavy atom. The number of aromatic nitrogens is 4. The molecule has 0 amide bonds. The Balaban J connectivity index is 1.47. The van der Waals surface area contributed by atoms with Crippen LogP contribution in [0.2, 0.25) is 5.28 Å². The molecule has 9 nitrogen and oxygen atoms in total. The van der Waals surface area contributed by atoms with Gasteiger partial charge in [0.25, 0.3) is 0 Å². The minimum atomic E-state index is -1.13. The second-order valence-electron chi connectivity index (χ2n) is 7.10. The van der Waals surface area contributed by atoms with Gasteiger partial charge in [-0.05, 0) is 51.9 Å². The van der Waals surface area contributed by atoms with Gasteiger partial charge in [0, 0.05) is 10.1 Å². The van der Waals surface area contributed by atoms with Crippen molar-refractivity contribution < 1.29 is 19.7 Å². The molecule has 2 bridgehead atoms. The van der Waals surface area contributed by atoms with Crippen LogP contribution in [-0.2, 0) is 16.0 Å². The molecular formula is C18H17ClIN5O4. The van der Waals surface area contributed by atoms with Gasteiger partial charge in [-0.25, -0.2) is 4.98 Å². The Kier molecular flexibility index (Phi) is 4.87. The summed E-state index contributed by atoms with van der Waals surface area (Å²) in [5.74, 6) is 0.499. The molecule has 0 aliphatic carbocycles. The molecule has 29 heavy (non-hydrogen) atoms. The van der Waals surface area contributed by atoms with Crippen molar-refractivity contribution in [2.24, 2.45) is 0 Å². The number of hydrogen-bond donors (Lipinski definition) is 3. The van der Waals surface area contributed by atoms with Crippen LogP contribution in [0.25, 0.3) is 11.2 Å². The number of aliphatic hydroxyl groups is 2. The van der Waals surface area contributed by atoms with E-state index in [0.29, 0.717) is 23.5 Å². The Bertz CT molecular complexity index is 1080. The van der Waals surface area contributed by atoms with Gasteiger partial charge in [0.1, 0.15) is 17.8 Å². The predicted octanol–water partition coefficient (Wildman–Crippen LogP) is 1.72. The number of fused-ring (bicyclic) bond motifs is 3. The first-order valence-corrected chi connectivity index (χ1v) is 10.4. The lowest BCUT2D eigenvalue weighted by Crippen LogP contribution is -2.44. The first-order valence-electron chi connectivity index (χ1n) is 8.97. The number of ether oxygens (including phenoxy) is 2. The van der Waals surface area contributed by atoms with E-state index in [1.807, 2.05) is 18.2 Å². The molecule has 1 unspecified atom stereocenters. The van der Waals surface area contributed by atoms with Crippen LogP contribution < -0.4 is 5.32 Å². The van der Waals surface area contributed by atoms with Crippen LogP contribution in [0, 0.1) is 3.57 Å². The van der Waals surface area contributed by atoms with Gasteiger partial charge < -0.3 is 25.0 Å². The largest absolute Gasteiger partial charge is 0.393 e. The van der Waals surface area contributed by atoms with Gasteiger partial charge in [0.15, 0.2) is 23.2 Å². The van der Waals surface area contributed by atoms with Crippen LogP contribution in [-0.4, -0.2) is 60.8 Å². The summed E-state index contributed by atoms with van der Waals surface area (Å²) in [6.07, 6.45) is -0.689. The normalized spacial score (nSPS) is 28.3. The van der Waals surface area contributed by atoms with Crippen molar-refractivity contribution in [1.82, 2.24) is 19.5 Å². The fourth-order valence-corrected chi connectivity index (χ4v) is 4.56. The summed E-state index contributed by atoms with van der Waals surface area (Å²) < 4.78 is 14.4. The Hall–Kier alpha value is -1.57. The first-order chi connectivity index (χ1) is 14.0. The monoisotopic (exact) mass is 529 g/mol. The van der Waals surface area contributed by atoms with Crippen LogP contribution in [0.5, 0.6) is 0 Å². The third kappa shape index (κ3) is 3.18. The number of anilines is 1. The molecule has 4 heterocycles. The number of nitrogens with zero attached hydrogens (tertiary/aromatic N) is 4. The van der Waals surface area contributed by atoms with E-state index in [0.717, 1.165) is 9.13 Å². The van der Waals surface area contributed by atoms with Crippen molar-refractivity contribution in [3.05, 3.63) is 45.0 Å². The molecule has 2 fully saturated rings. The van der Waals surface area contributed by atoms with Crippen molar-refractivity contribution in [2.45, 2.75) is 30.6 Å². The fourth-order valence-electron chi connectivity index (χ4n) is 3.79. The summed E-state index contributed by atoms with van der Waals surface area (Å²) in [6.45, 7) is 0.341. The van der Waals surface area contributed by atoms with Gasteiger partial charge in [0.2, 0.25) is 5.28 Å². The lowest BCUT2D eigenvalue weighted by atomic mass is 10.0. The third-order valence-corrected chi connectivity index (χ3v) is 6.13. The summed E-state index contributed by atoms with van der Waals surface area (Å²) in [4.78, 5) is 13.0. The van der Waals surface area contributed by atoms with E-state index in [9.17, 15) is 10.2 Å². The van der Waals surface area contributed by atoms with E-state index in [-0.39, 0.29) is 18.5 Å². The molecule has 1 aromatic carbocycles. The van der Waals surface area contributed by atoms with E-state index >= 15 is 0 Å². The van der Waals surface area contributed by atoms with Crippen LogP contribution in [0.1, 0.15) is 11.8 Å². The van der Waals surface area contributed by atoms with Crippen molar-refractivity contribution in [3.63, 3.8) is 0 Å². The number of hydrogen-bond acceptors (Lipinski definition) is 8. The summed E-state index contributed by atoms with van der Waals surface area (Å²) in [5, 5.41) is 23.4. The Morgan fingerprint density at radius 1 is 1.38 bits per heavy atom. The zero-order valence-electron chi connectivity index (χ0n) is 15.0. The molecule has 3 aromatic rings. The second kappa shape index (κ2) is 7.29. The van der Waals surface area contributed by atoms with Crippen LogP contribution in [0.3, 0.4) is 0 Å². The molecule has 3 N–H and O–H groups in total. The molecule has 2 aromatic heterocycles. The van der Waals surface area contributed by atoms with E-state index in [2.05, 4.69) is 48.9 Å². The number of halogens is 2. The van der Waals surface area contributed by atoms with Crippen molar-refractivity contribution in [1.29, 1.82) is 0 Å². The first kappa shape index (κ1) is 19.4. The molecule has 0 spiro atoms. The highest BCUT2D eigenvalue weighted by Crippen LogP contribution is 2.45. The molecular weight excluding hydrogens is 513 g/mol. The van der Waals surface area contributed by atoms with Gasteiger partial charge >= 0.3 is 0 Å². The molecule has 4 atom stereocenters. The molecule has 0 radical (unpaired) electrons. The molecule has 2 saturated heterocycles. The minimum absolute atomic E-state index is 0.0610. The van der Waals surface area contributed by atoms with E-state index in [1.54, 1.807) is 10.9 Å². The third-order valence-electron chi connectivity index (χ3n) is 5.29. The van der Waals surface area contributed by atoms with Crippen LogP contribution >= 0.6 is 34.2 Å². The van der Waals surface area contributed by atoms with Crippen molar-refractivity contribution in [2.75, 3.05) is 18.5 Å². The Morgan fingerprint density at radius 3 is 3.00 bits per heavy atom. The standard InChI is InChI=1S/C18H17ClIN5O4/c19-17-23-14(21-5-9-2-1-3-10(20)4-9)11-15(24-17)25(8-22-11)16-12-13(27)18(6-26,29-16)7-28-12/h1-4,8,12-13,16,26-27H,5-7H2,(H,21,23,24)/t12-,13?,16+,18+/m0/s1. The molecule has 2 aliphatic rings. The lowest BCUT2D eigenvalue weighted by Gasteiger charge is -2.29. The maximum Gasteiger partial charge on any atom is 0.226 e. The highest BCUT2D eigenvalue weighted by atomic mass is 127. The molecule has 152 valence electrons. The van der Waals surface area contributed by atoms with Crippen molar-refractivity contribution in [3.8, 4) is 0 Å². The number of aliphatic hydroxyl groups excluding tert-OH is 2. The Labute approximate surface area is 184 Å². The van der Waals surface area contributed by atoms with Gasteiger partial charge in [-0.3, -0.25) is 4.57 Å². The summed E-state index contributed by atoms with van der Waals surface area (Å²) in [6, 6.07) is 8.10. The maximum absolute atomic E-state index is 10.4. The average molecular weight is 530 g/mol. The SMILES string of the molecule is OC[C@@]12CO[C@@H](C1O)[C@H](n1cnc3c(NCc4cccc(I)c4)nc(Cl)nc31)O2. The number of nitrogens with one attached hydrogen (secondary N) is 1. The van der Waals surface area contributed by atoms with Crippen LogP contribution in [0.15, 0.2) is 30.6 Å². The summed E-state index contributed by atoms with van der Waals surface area (Å²) in [7, 11) is 0. The van der Waals surface area contributed by atoms with Gasteiger partial charge in [-0.1, -0.05) is 12.1 Å². The molecule has 11 heteroatoms.